The van der Waals surface area contributed by atoms with E-state index in [9.17, 15) is 14.9 Å². The van der Waals surface area contributed by atoms with Gasteiger partial charge in [0.25, 0.3) is 11.6 Å². The first-order valence-electron chi connectivity index (χ1n) is 7.11. The average molecular weight is 276 g/mol. The van der Waals surface area contributed by atoms with Crippen LogP contribution in [-0.4, -0.2) is 28.3 Å². The Morgan fingerprint density at radius 3 is 2.85 bits per heavy atom. The van der Waals surface area contributed by atoms with Crippen molar-refractivity contribution >= 4 is 11.6 Å². The van der Waals surface area contributed by atoms with E-state index in [1.807, 2.05) is 4.90 Å². The van der Waals surface area contributed by atoms with Crippen molar-refractivity contribution in [1.29, 1.82) is 0 Å². The Labute approximate surface area is 118 Å². The summed E-state index contributed by atoms with van der Waals surface area (Å²) in [5.41, 5.74) is 0.934. The number of carbonyl (C=O) groups is 1. The molecule has 1 fully saturated rings. The fourth-order valence-corrected chi connectivity index (χ4v) is 2.90. The SMILES string of the molecule is CC[C@H]1CCCCN1C(=O)c1cccc([N+](=O)[O-])c1C. The van der Waals surface area contributed by atoms with Crippen LogP contribution in [0.3, 0.4) is 0 Å². The number of rotatable bonds is 3. The number of piperidine rings is 1. The van der Waals surface area contributed by atoms with Crippen molar-refractivity contribution in [1.82, 2.24) is 4.90 Å². The largest absolute Gasteiger partial charge is 0.336 e. The maximum absolute atomic E-state index is 12.7. The lowest BCUT2D eigenvalue weighted by Crippen LogP contribution is -2.43. The van der Waals surface area contributed by atoms with Crippen LogP contribution in [-0.2, 0) is 0 Å². The molecule has 0 saturated carbocycles. The summed E-state index contributed by atoms with van der Waals surface area (Å²) in [7, 11) is 0. The van der Waals surface area contributed by atoms with Gasteiger partial charge in [0, 0.05) is 29.8 Å². The Morgan fingerprint density at radius 2 is 2.20 bits per heavy atom. The van der Waals surface area contributed by atoms with E-state index in [0.717, 1.165) is 32.2 Å². The van der Waals surface area contributed by atoms with E-state index in [0.29, 0.717) is 11.1 Å². The van der Waals surface area contributed by atoms with Crippen LogP contribution in [0.5, 0.6) is 0 Å². The van der Waals surface area contributed by atoms with Gasteiger partial charge in [-0.05, 0) is 38.7 Å². The quantitative estimate of drug-likeness (QED) is 0.628. The number of nitro benzene ring substituents is 1. The van der Waals surface area contributed by atoms with E-state index in [2.05, 4.69) is 6.92 Å². The van der Waals surface area contributed by atoms with Gasteiger partial charge < -0.3 is 4.90 Å². The second-order valence-corrected chi connectivity index (χ2v) is 5.26. The van der Waals surface area contributed by atoms with Crippen molar-refractivity contribution < 1.29 is 9.72 Å². The molecule has 0 bridgehead atoms. The first-order valence-corrected chi connectivity index (χ1v) is 7.11. The van der Waals surface area contributed by atoms with E-state index in [1.54, 1.807) is 19.1 Å². The number of carbonyl (C=O) groups excluding carboxylic acids is 1. The van der Waals surface area contributed by atoms with Crippen LogP contribution >= 0.6 is 0 Å². The smallest absolute Gasteiger partial charge is 0.273 e. The molecule has 1 aromatic carbocycles. The molecule has 1 atom stereocenters. The summed E-state index contributed by atoms with van der Waals surface area (Å²) in [6, 6.07) is 4.98. The highest BCUT2D eigenvalue weighted by Crippen LogP contribution is 2.26. The number of likely N-dealkylation sites (tertiary alicyclic amines) is 1. The van der Waals surface area contributed by atoms with Crippen LogP contribution in [0, 0.1) is 17.0 Å². The highest BCUT2D eigenvalue weighted by atomic mass is 16.6. The molecule has 0 spiro atoms. The number of nitrogens with zero attached hydrogens (tertiary/aromatic N) is 2. The topological polar surface area (TPSA) is 63.5 Å². The zero-order valence-corrected chi connectivity index (χ0v) is 12.0. The van der Waals surface area contributed by atoms with E-state index in [1.165, 1.54) is 6.07 Å². The van der Waals surface area contributed by atoms with E-state index < -0.39 is 4.92 Å². The molecule has 0 aromatic heterocycles. The Kier molecular flexibility index (Phi) is 4.37. The number of benzene rings is 1. The van der Waals surface area contributed by atoms with Gasteiger partial charge in [0.2, 0.25) is 0 Å². The lowest BCUT2D eigenvalue weighted by atomic mass is 9.97. The van der Waals surface area contributed by atoms with E-state index >= 15 is 0 Å². The van der Waals surface area contributed by atoms with Gasteiger partial charge >= 0.3 is 0 Å². The Morgan fingerprint density at radius 1 is 1.45 bits per heavy atom. The predicted molar refractivity (Wildman–Crippen MR) is 76.8 cm³/mol. The molecule has 1 aliphatic rings. The number of hydrogen-bond acceptors (Lipinski definition) is 3. The summed E-state index contributed by atoms with van der Waals surface area (Å²) in [6.45, 7) is 4.48. The summed E-state index contributed by atoms with van der Waals surface area (Å²) in [5.74, 6) is -0.0715. The van der Waals surface area contributed by atoms with Crippen LogP contribution < -0.4 is 0 Å². The number of hydrogen-bond donors (Lipinski definition) is 0. The molecular formula is C15H20N2O3. The van der Waals surface area contributed by atoms with Gasteiger partial charge in [-0.25, -0.2) is 0 Å². The Bertz CT molecular complexity index is 528. The third-order valence-corrected chi connectivity index (χ3v) is 4.09. The van der Waals surface area contributed by atoms with Crippen LogP contribution in [0.15, 0.2) is 18.2 Å². The van der Waals surface area contributed by atoms with E-state index in [-0.39, 0.29) is 17.6 Å². The minimum absolute atomic E-state index is 0.0147. The predicted octanol–water partition coefficient (Wildman–Crippen LogP) is 3.31. The maximum Gasteiger partial charge on any atom is 0.273 e. The standard InChI is InChI=1S/C15H20N2O3/c1-3-12-7-4-5-10-16(12)15(18)13-8-6-9-14(11(13)2)17(19)20/h6,8-9,12H,3-5,7,10H2,1-2H3/t12-/m0/s1. The monoisotopic (exact) mass is 276 g/mol. The van der Waals surface area contributed by atoms with Gasteiger partial charge in [0.1, 0.15) is 0 Å². The normalized spacial score (nSPS) is 18.9. The van der Waals surface area contributed by atoms with Crippen LogP contribution in [0.1, 0.15) is 48.5 Å². The van der Waals surface area contributed by atoms with Gasteiger partial charge in [-0.3, -0.25) is 14.9 Å². The van der Waals surface area contributed by atoms with Gasteiger partial charge in [-0.1, -0.05) is 13.0 Å². The second kappa shape index (κ2) is 6.03. The summed E-state index contributed by atoms with van der Waals surface area (Å²) in [6.07, 6.45) is 4.11. The van der Waals surface area contributed by atoms with Crippen molar-refractivity contribution in [3.63, 3.8) is 0 Å². The van der Waals surface area contributed by atoms with Crippen LogP contribution in [0.4, 0.5) is 5.69 Å². The zero-order valence-electron chi connectivity index (χ0n) is 12.0. The molecule has 0 N–H and O–H groups in total. The molecule has 0 aliphatic carbocycles. The van der Waals surface area contributed by atoms with Crippen molar-refractivity contribution in [3.05, 3.63) is 39.4 Å². The molecule has 108 valence electrons. The molecule has 1 saturated heterocycles. The molecule has 1 amide bonds. The maximum atomic E-state index is 12.7. The third-order valence-electron chi connectivity index (χ3n) is 4.09. The highest BCUT2D eigenvalue weighted by Gasteiger charge is 2.28. The fraction of sp³-hybridized carbons (Fsp3) is 0.533. The first-order chi connectivity index (χ1) is 9.56. The van der Waals surface area contributed by atoms with Crippen LogP contribution in [0.25, 0.3) is 0 Å². The molecule has 1 aliphatic heterocycles. The van der Waals surface area contributed by atoms with Crippen LogP contribution in [0.2, 0.25) is 0 Å². The summed E-state index contributed by atoms with van der Waals surface area (Å²) < 4.78 is 0. The Hall–Kier alpha value is -1.91. The molecule has 1 aromatic rings. The van der Waals surface area contributed by atoms with E-state index in [4.69, 9.17) is 0 Å². The molecule has 5 heteroatoms. The summed E-state index contributed by atoms with van der Waals surface area (Å²) >= 11 is 0. The van der Waals surface area contributed by atoms with Gasteiger partial charge in [0.05, 0.1) is 4.92 Å². The van der Waals surface area contributed by atoms with Crippen molar-refractivity contribution in [2.45, 2.75) is 45.6 Å². The lowest BCUT2D eigenvalue weighted by molar-refractivity contribution is -0.385. The second-order valence-electron chi connectivity index (χ2n) is 5.26. The van der Waals surface area contributed by atoms with Gasteiger partial charge in [-0.15, -0.1) is 0 Å². The molecule has 20 heavy (non-hydrogen) atoms. The fourth-order valence-electron chi connectivity index (χ4n) is 2.90. The number of amides is 1. The third kappa shape index (κ3) is 2.66. The molecule has 0 unspecified atom stereocenters. The Balaban J connectivity index is 2.33. The lowest BCUT2D eigenvalue weighted by Gasteiger charge is -2.35. The molecule has 5 nitrogen and oxygen atoms in total. The van der Waals surface area contributed by atoms with Crippen molar-refractivity contribution in [2.24, 2.45) is 0 Å². The minimum Gasteiger partial charge on any atom is -0.336 e. The molecule has 2 rings (SSSR count). The molecular weight excluding hydrogens is 256 g/mol. The van der Waals surface area contributed by atoms with Gasteiger partial charge in [0.15, 0.2) is 0 Å². The van der Waals surface area contributed by atoms with Crippen molar-refractivity contribution in [2.75, 3.05) is 6.54 Å². The van der Waals surface area contributed by atoms with Crippen molar-refractivity contribution in [3.8, 4) is 0 Å². The highest BCUT2D eigenvalue weighted by molar-refractivity contribution is 5.96. The first kappa shape index (κ1) is 14.5. The van der Waals surface area contributed by atoms with Gasteiger partial charge in [-0.2, -0.15) is 0 Å². The molecule has 1 heterocycles. The summed E-state index contributed by atoms with van der Waals surface area (Å²) in [4.78, 5) is 25.1. The molecule has 0 radical (unpaired) electrons. The minimum atomic E-state index is -0.431. The average Bonchev–Trinajstić information content (AvgIpc) is 2.46. The summed E-state index contributed by atoms with van der Waals surface area (Å²) in [5, 5.41) is 11.0. The zero-order chi connectivity index (χ0) is 14.7. The number of nitro groups is 1.